The highest BCUT2D eigenvalue weighted by Crippen LogP contribution is 2.31. The van der Waals surface area contributed by atoms with Crippen LogP contribution in [0.2, 0.25) is 10.0 Å². The summed E-state index contributed by atoms with van der Waals surface area (Å²) in [5, 5.41) is 5.63. The average Bonchev–Trinajstić information content (AvgIpc) is 2.92. The first-order valence-corrected chi connectivity index (χ1v) is 8.30. The van der Waals surface area contributed by atoms with Crippen molar-refractivity contribution in [3.05, 3.63) is 63.3 Å². The first-order valence-electron chi connectivity index (χ1n) is 7.55. The zero-order chi connectivity index (χ0) is 18.7. The predicted molar refractivity (Wildman–Crippen MR) is 98.4 cm³/mol. The van der Waals surface area contributed by atoms with Crippen LogP contribution in [-0.2, 0) is 11.4 Å². The molecule has 0 aromatic heterocycles. The molecule has 1 aliphatic rings. The molecule has 0 radical (unpaired) electrons. The predicted octanol–water partition coefficient (Wildman–Crippen LogP) is 3.76. The number of benzene rings is 2. The number of carbonyl (C=O) groups excluding carboxylic acids is 2. The number of halogens is 2. The second-order valence-corrected chi connectivity index (χ2v) is 6.24. The Morgan fingerprint density at radius 2 is 1.85 bits per heavy atom. The lowest BCUT2D eigenvalue weighted by Crippen LogP contribution is -2.22. The van der Waals surface area contributed by atoms with Crippen LogP contribution in [0, 0.1) is 0 Å². The molecule has 1 fully saturated rings. The Bertz CT molecular complexity index is 912. The summed E-state index contributed by atoms with van der Waals surface area (Å²) in [6.07, 6.45) is 1.54. The van der Waals surface area contributed by atoms with Gasteiger partial charge in [0.1, 0.15) is 12.3 Å². The van der Waals surface area contributed by atoms with Crippen molar-refractivity contribution < 1.29 is 19.1 Å². The maximum Gasteiger partial charge on any atom is 0.326 e. The molecule has 3 rings (SSSR count). The number of rotatable bonds is 5. The molecule has 2 N–H and O–H groups in total. The molecule has 0 unspecified atom stereocenters. The van der Waals surface area contributed by atoms with Crippen molar-refractivity contribution in [3.63, 3.8) is 0 Å². The summed E-state index contributed by atoms with van der Waals surface area (Å²) in [4.78, 5) is 22.7. The second kappa shape index (κ2) is 7.68. The van der Waals surface area contributed by atoms with E-state index in [9.17, 15) is 9.59 Å². The summed E-state index contributed by atoms with van der Waals surface area (Å²) >= 11 is 12.0. The minimum absolute atomic E-state index is 0.165. The Balaban J connectivity index is 1.77. The maximum absolute atomic E-state index is 11.6. The van der Waals surface area contributed by atoms with Gasteiger partial charge in [-0.25, -0.2) is 4.79 Å². The fourth-order valence-electron chi connectivity index (χ4n) is 2.34. The number of imide groups is 1. The molecule has 1 saturated heterocycles. The first-order chi connectivity index (χ1) is 12.5. The zero-order valence-corrected chi connectivity index (χ0v) is 15.1. The Hall–Kier alpha value is -2.70. The number of amides is 3. The van der Waals surface area contributed by atoms with Gasteiger partial charge in [0.25, 0.3) is 5.91 Å². The van der Waals surface area contributed by atoms with E-state index in [4.69, 9.17) is 32.7 Å². The van der Waals surface area contributed by atoms with Crippen LogP contribution < -0.4 is 20.1 Å². The van der Waals surface area contributed by atoms with Gasteiger partial charge in [0.05, 0.1) is 7.11 Å². The molecule has 0 atom stereocenters. The van der Waals surface area contributed by atoms with Crippen molar-refractivity contribution in [3.8, 4) is 11.5 Å². The van der Waals surface area contributed by atoms with Crippen LogP contribution in [0.1, 0.15) is 11.1 Å². The fourth-order valence-corrected chi connectivity index (χ4v) is 2.80. The molecule has 2 aromatic rings. The monoisotopic (exact) mass is 392 g/mol. The van der Waals surface area contributed by atoms with Crippen molar-refractivity contribution in [2.24, 2.45) is 0 Å². The van der Waals surface area contributed by atoms with Crippen molar-refractivity contribution in [1.29, 1.82) is 0 Å². The van der Waals surface area contributed by atoms with Crippen LogP contribution in [0.4, 0.5) is 4.79 Å². The van der Waals surface area contributed by atoms with Crippen LogP contribution in [0.15, 0.2) is 42.1 Å². The molecule has 0 bridgehead atoms. The molecule has 26 heavy (non-hydrogen) atoms. The van der Waals surface area contributed by atoms with Crippen LogP contribution in [0.25, 0.3) is 6.08 Å². The molecule has 1 aliphatic heterocycles. The molecule has 0 aliphatic carbocycles. The molecule has 0 saturated carbocycles. The summed E-state index contributed by atoms with van der Waals surface area (Å²) in [6, 6.07) is 9.78. The second-order valence-electron chi connectivity index (χ2n) is 5.40. The number of hydrogen-bond acceptors (Lipinski definition) is 4. The van der Waals surface area contributed by atoms with Gasteiger partial charge in [-0.2, -0.15) is 0 Å². The van der Waals surface area contributed by atoms with E-state index in [1.54, 1.807) is 42.5 Å². The van der Waals surface area contributed by atoms with Gasteiger partial charge in [-0.15, -0.1) is 0 Å². The number of urea groups is 1. The minimum atomic E-state index is -0.548. The number of methoxy groups -OCH3 is 1. The van der Waals surface area contributed by atoms with Crippen LogP contribution >= 0.6 is 23.2 Å². The Kier molecular flexibility index (Phi) is 5.35. The third-order valence-corrected chi connectivity index (χ3v) is 4.20. The van der Waals surface area contributed by atoms with E-state index >= 15 is 0 Å². The van der Waals surface area contributed by atoms with Gasteiger partial charge in [0, 0.05) is 15.6 Å². The molecule has 1 heterocycles. The molecule has 8 heteroatoms. The SMILES string of the molecule is COc1cc(C=C2NC(=O)NC2=O)ccc1OCc1ccc(Cl)cc1Cl. The molecule has 0 spiro atoms. The highest BCUT2D eigenvalue weighted by Gasteiger charge is 2.22. The molecular weight excluding hydrogens is 379 g/mol. The van der Waals surface area contributed by atoms with Gasteiger partial charge < -0.3 is 14.8 Å². The summed E-state index contributed by atoms with van der Waals surface area (Å²) in [5.74, 6) is 0.515. The normalized spacial score (nSPS) is 15.0. The summed E-state index contributed by atoms with van der Waals surface area (Å²) in [7, 11) is 1.51. The van der Waals surface area contributed by atoms with E-state index in [1.807, 2.05) is 0 Å². The Morgan fingerprint density at radius 1 is 1.04 bits per heavy atom. The number of ether oxygens (including phenoxy) is 2. The number of carbonyl (C=O) groups is 2. The molecule has 2 aromatic carbocycles. The highest BCUT2D eigenvalue weighted by molar-refractivity contribution is 6.35. The van der Waals surface area contributed by atoms with Gasteiger partial charge in [-0.05, 0) is 35.9 Å². The van der Waals surface area contributed by atoms with Crippen molar-refractivity contribution in [2.45, 2.75) is 6.61 Å². The van der Waals surface area contributed by atoms with Crippen LogP contribution in [-0.4, -0.2) is 19.0 Å². The molecule has 3 amide bonds. The third-order valence-electron chi connectivity index (χ3n) is 3.62. The van der Waals surface area contributed by atoms with Gasteiger partial charge in [-0.3, -0.25) is 10.1 Å². The van der Waals surface area contributed by atoms with E-state index in [0.717, 1.165) is 5.56 Å². The Morgan fingerprint density at radius 3 is 2.50 bits per heavy atom. The lowest BCUT2D eigenvalue weighted by molar-refractivity contribution is -0.115. The first kappa shape index (κ1) is 18.1. The van der Waals surface area contributed by atoms with Crippen molar-refractivity contribution in [2.75, 3.05) is 7.11 Å². The van der Waals surface area contributed by atoms with Crippen molar-refractivity contribution in [1.82, 2.24) is 10.6 Å². The van der Waals surface area contributed by atoms with E-state index in [1.165, 1.54) is 7.11 Å². The average molecular weight is 393 g/mol. The smallest absolute Gasteiger partial charge is 0.326 e. The zero-order valence-electron chi connectivity index (χ0n) is 13.6. The number of hydrogen-bond donors (Lipinski definition) is 2. The van der Waals surface area contributed by atoms with Gasteiger partial charge in [-0.1, -0.05) is 35.3 Å². The van der Waals surface area contributed by atoms with Crippen molar-refractivity contribution >= 4 is 41.2 Å². The lowest BCUT2D eigenvalue weighted by Gasteiger charge is -2.12. The maximum atomic E-state index is 11.6. The van der Waals surface area contributed by atoms with E-state index in [2.05, 4.69) is 10.6 Å². The van der Waals surface area contributed by atoms with E-state index in [0.29, 0.717) is 27.1 Å². The fraction of sp³-hybridized carbons (Fsp3) is 0.111. The number of nitrogens with one attached hydrogen (secondary N) is 2. The molecule has 134 valence electrons. The third kappa shape index (κ3) is 4.09. The summed E-state index contributed by atoms with van der Waals surface area (Å²) < 4.78 is 11.1. The topological polar surface area (TPSA) is 76.7 Å². The lowest BCUT2D eigenvalue weighted by atomic mass is 10.1. The largest absolute Gasteiger partial charge is 0.493 e. The van der Waals surface area contributed by atoms with Gasteiger partial charge in [0.2, 0.25) is 0 Å². The quantitative estimate of drug-likeness (QED) is 0.599. The van der Waals surface area contributed by atoms with Crippen LogP contribution in [0.5, 0.6) is 11.5 Å². The minimum Gasteiger partial charge on any atom is -0.493 e. The standard InChI is InChI=1S/C18H14Cl2N2O4/c1-25-16-7-10(6-14-17(23)22-18(24)21-14)2-5-15(16)26-9-11-3-4-12(19)8-13(11)20/h2-8H,9H2,1H3,(H2,21,22,23,24). The molecular formula is C18H14Cl2N2O4. The van der Waals surface area contributed by atoms with Crippen LogP contribution in [0.3, 0.4) is 0 Å². The van der Waals surface area contributed by atoms with Gasteiger partial charge in [0.15, 0.2) is 11.5 Å². The summed E-state index contributed by atoms with van der Waals surface area (Å²) in [5.41, 5.74) is 1.62. The Labute approximate surface area is 159 Å². The van der Waals surface area contributed by atoms with E-state index in [-0.39, 0.29) is 12.3 Å². The highest BCUT2D eigenvalue weighted by atomic mass is 35.5. The summed E-state index contributed by atoms with van der Waals surface area (Å²) in [6.45, 7) is 0.241. The molecule has 6 nitrogen and oxygen atoms in total. The van der Waals surface area contributed by atoms with E-state index < -0.39 is 11.9 Å². The van der Waals surface area contributed by atoms with Gasteiger partial charge >= 0.3 is 6.03 Å².